The van der Waals surface area contributed by atoms with Crippen LogP contribution in [0.2, 0.25) is 0 Å². The van der Waals surface area contributed by atoms with Gasteiger partial charge in [0.25, 0.3) is 0 Å². The van der Waals surface area contributed by atoms with Gasteiger partial charge in [0, 0.05) is 35.4 Å². The lowest BCUT2D eigenvalue weighted by atomic mass is 9.91. The molecule has 2 atom stereocenters. The maximum atomic E-state index is 13.4. The Morgan fingerprint density at radius 1 is 1.19 bits per heavy atom. The Bertz CT molecular complexity index is 1190. The van der Waals surface area contributed by atoms with Gasteiger partial charge in [-0.15, -0.1) is 22.7 Å². The second kappa shape index (κ2) is 8.66. The number of carbonyl (C=O) groups is 1. The van der Waals surface area contributed by atoms with Crippen LogP contribution in [0.15, 0.2) is 52.4 Å². The summed E-state index contributed by atoms with van der Waals surface area (Å²) < 4.78 is 28.7. The third kappa shape index (κ3) is 4.12. The standard InChI is InChI=1S/C22H24N4O3S3/c27-20(26-21-24-10-11-30-21)22(12-17(22)16-5-1-2-6-16)18-7-8-19(31-18)32(28,29)25-14-15-4-3-9-23-13-15/h3-4,7-11,13,16-17,25H,1-2,5-6,12,14H2,(H,24,26,27). The molecule has 2 aliphatic rings. The Kier molecular flexibility index (Phi) is 5.87. The van der Waals surface area contributed by atoms with Crippen LogP contribution in [-0.2, 0) is 26.8 Å². The van der Waals surface area contributed by atoms with Crippen molar-refractivity contribution in [2.45, 2.75) is 48.3 Å². The summed E-state index contributed by atoms with van der Waals surface area (Å²) in [6, 6.07) is 7.03. The molecule has 168 valence electrons. The number of rotatable bonds is 8. The van der Waals surface area contributed by atoms with Crippen molar-refractivity contribution >= 4 is 43.7 Å². The quantitative estimate of drug-likeness (QED) is 0.496. The number of amides is 1. The van der Waals surface area contributed by atoms with Crippen LogP contribution in [-0.4, -0.2) is 24.3 Å². The average Bonchev–Trinajstić information content (AvgIpc) is 3.31. The number of pyridine rings is 1. The fraction of sp³-hybridized carbons (Fsp3) is 0.409. The molecule has 0 bridgehead atoms. The van der Waals surface area contributed by atoms with Crippen molar-refractivity contribution in [2.75, 3.05) is 5.32 Å². The molecule has 2 N–H and O–H groups in total. The highest BCUT2D eigenvalue weighted by Gasteiger charge is 2.64. The van der Waals surface area contributed by atoms with Crippen LogP contribution in [0.1, 0.15) is 42.5 Å². The molecule has 1 amide bonds. The molecule has 2 unspecified atom stereocenters. The van der Waals surface area contributed by atoms with Crippen LogP contribution in [0.5, 0.6) is 0 Å². The maximum absolute atomic E-state index is 13.4. The van der Waals surface area contributed by atoms with E-state index in [-0.39, 0.29) is 22.6 Å². The highest BCUT2D eigenvalue weighted by atomic mass is 32.2. The van der Waals surface area contributed by atoms with Crippen LogP contribution in [0.25, 0.3) is 0 Å². The van der Waals surface area contributed by atoms with E-state index in [4.69, 9.17) is 0 Å². The highest BCUT2D eigenvalue weighted by Crippen LogP contribution is 2.62. The molecular formula is C22H24N4O3S3. The molecule has 5 rings (SSSR count). The SMILES string of the molecule is O=C(Nc1nccs1)C1(c2ccc(S(=O)(=O)NCc3cccnc3)s2)CC1C1CCCC1. The van der Waals surface area contributed by atoms with Crippen LogP contribution < -0.4 is 10.0 Å². The van der Waals surface area contributed by atoms with E-state index in [9.17, 15) is 13.2 Å². The minimum absolute atomic E-state index is 0.0709. The summed E-state index contributed by atoms with van der Waals surface area (Å²) in [5.74, 6) is 0.698. The van der Waals surface area contributed by atoms with Crippen molar-refractivity contribution in [3.05, 3.63) is 58.7 Å². The fourth-order valence-electron chi connectivity index (χ4n) is 4.82. The summed E-state index contributed by atoms with van der Waals surface area (Å²) >= 11 is 2.59. The van der Waals surface area contributed by atoms with E-state index in [0.717, 1.165) is 29.7 Å². The molecule has 2 aliphatic carbocycles. The van der Waals surface area contributed by atoms with Crippen molar-refractivity contribution in [2.24, 2.45) is 11.8 Å². The van der Waals surface area contributed by atoms with E-state index in [0.29, 0.717) is 11.0 Å². The fourth-order valence-corrected chi connectivity index (χ4v) is 7.98. The second-order valence-electron chi connectivity index (χ2n) is 8.42. The molecule has 7 nitrogen and oxygen atoms in total. The number of thiophene rings is 1. The molecule has 10 heteroatoms. The van der Waals surface area contributed by atoms with Crippen molar-refractivity contribution < 1.29 is 13.2 Å². The molecular weight excluding hydrogens is 464 g/mol. The Morgan fingerprint density at radius 3 is 2.75 bits per heavy atom. The topological polar surface area (TPSA) is 101 Å². The Morgan fingerprint density at radius 2 is 2.03 bits per heavy atom. The van der Waals surface area contributed by atoms with E-state index >= 15 is 0 Å². The Labute approximate surface area is 195 Å². The molecule has 0 aromatic carbocycles. The largest absolute Gasteiger partial charge is 0.301 e. The number of sulfonamides is 1. The summed E-state index contributed by atoms with van der Waals surface area (Å²) in [7, 11) is -3.68. The molecule has 0 saturated heterocycles. The first-order chi connectivity index (χ1) is 15.5. The van der Waals surface area contributed by atoms with Crippen LogP contribution in [0, 0.1) is 11.8 Å². The predicted molar refractivity (Wildman–Crippen MR) is 125 cm³/mol. The van der Waals surface area contributed by atoms with Gasteiger partial charge in [-0.2, -0.15) is 0 Å². The van der Waals surface area contributed by atoms with E-state index < -0.39 is 15.4 Å². The van der Waals surface area contributed by atoms with E-state index in [1.54, 1.807) is 30.7 Å². The molecule has 0 aliphatic heterocycles. The minimum Gasteiger partial charge on any atom is -0.301 e. The third-order valence-electron chi connectivity index (χ3n) is 6.52. The first-order valence-corrected chi connectivity index (χ1v) is 13.9. The lowest BCUT2D eigenvalue weighted by molar-refractivity contribution is -0.119. The number of nitrogens with one attached hydrogen (secondary N) is 2. The van der Waals surface area contributed by atoms with E-state index in [2.05, 4.69) is 20.0 Å². The van der Waals surface area contributed by atoms with Gasteiger partial charge in [0.05, 0.1) is 5.41 Å². The van der Waals surface area contributed by atoms with Crippen LogP contribution >= 0.6 is 22.7 Å². The lowest BCUT2D eigenvalue weighted by Gasteiger charge is -2.18. The van der Waals surface area contributed by atoms with Gasteiger partial charge in [-0.05, 0) is 42.0 Å². The van der Waals surface area contributed by atoms with Gasteiger partial charge in [-0.3, -0.25) is 9.78 Å². The highest BCUT2D eigenvalue weighted by molar-refractivity contribution is 7.91. The molecule has 3 heterocycles. The molecule has 0 radical (unpaired) electrons. The van der Waals surface area contributed by atoms with Crippen molar-refractivity contribution in [3.63, 3.8) is 0 Å². The molecule has 3 aromatic heterocycles. The molecule has 32 heavy (non-hydrogen) atoms. The first kappa shape index (κ1) is 21.7. The van der Waals surface area contributed by atoms with Gasteiger partial charge in [0.1, 0.15) is 4.21 Å². The second-order valence-corrected chi connectivity index (χ2v) is 12.4. The average molecular weight is 489 g/mol. The Balaban J connectivity index is 1.39. The van der Waals surface area contributed by atoms with Crippen molar-refractivity contribution in [3.8, 4) is 0 Å². The molecule has 2 saturated carbocycles. The number of thiazole rings is 1. The molecule has 2 fully saturated rings. The number of hydrogen-bond acceptors (Lipinski definition) is 7. The number of aromatic nitrogens is 2. The summed E-state index contributed by atoms with van der Waals surface area (Å²) in [5.41, 5.74) is 0.123. The van der Waals surface area contributed by atoms with Crippen molar-refractivity contribution in [1.82, 2.24) is 14.7 Å². The lowest BCUT2D eigenvalue weighted by Crippen LogP contribution is -2.30. The smallest absolute Gasteiger partial charge is 0.250 e. The normalized spacial score (nSPS) is 23.3. The minimum atomic E-state index is -3.68. The number of nitrogens with zero attached hydrogens (tertiary/aromatic N) is 2. The first-order valence-electron chi connectivity index (χ1n) is 10.7. The molecule has 3 aromatic rings. The van der Waals surface area contributed by atoms with Crippen molar-refractivity contribution in [1.29, 1.82) is 0 Å². The summed E-state index contributed by atoms with van der Waals surface area (Å²) in [4.78, 5) is 22.5. The van der Waals surface area contributed by atoms with Gasteiger partial charge in [-0.1, -0.05) is 31.7 Å². The molecule has 0 spiro atoms. The summed E-state index contributed by atoms with van der Waals surface area (Å²) in [6.07, 6.45) is 10.4. The zero-order valence-electron chi connectivity index (χ0n) is 17.4. The van der Waals surface area contributed by atoms with Crippen LogP contribution in [0.3, 0.4) is 0 Å². The predicted octanol–water partition coefficient (Wildman–Crippen LogP) is 4.16. The maximum Gasteiger partial charge on any atom is 0.250 e. The van der Waals surface area contributed by atoms with Gasteiger partial charge in [0.2, 0.25) is 15.9 Å². The zero-order valence-corrected chi connectivity index (χ0v) is 19.8. The van der Waals surface area contributed by atoms with Crippen LogP contribution in [0.4, 0.5) is 5.13 Å². The zero-order chi connectivity index (χ0) is 22.2. The van der Waals surface area contributed by atoms with Gasteiger partial charge in [0.15, 0.2) is 5.13 Å². The monoisotopic (exact) mass is 488 g/mol. The third-order valence-corrected chi connectivity index (χ3v) is 10.4. The van der Waals surface area contributed by atoms with E-state index in [1.807, 2.05) is 17.5 Å². The Hall–Kier alpha value is -2.14. The summed E-state index contributed by atoms with van der Waals surface area (Å²) in [5, 5.41) is 5.38. The number of carbonyl (C=O) groups excluding carboxylic acids is 1. The van der Waals surface area contributed by atoms with Gasteiger partial charge < -0.3 is 5.32 Å². The van der Waals surface area contributed by atoms with E-state index in [1.165, 1.54) is 35.5 Å². The number of anilines is 1. The number of hydrogen-bond donors (Lipinski definition) is 2. The van der Waals surface area contributed by atoms with Gasteiger partial charge in [-0.25, -0.2) is 18.1 Å². The van der Waals surface area contributed by atoms with Gasteiger partial charge >= 0.3 is 0 Å². The summed E-state index contributed by atoms with van der Waals surface area (Å²) in [6.45, 7) is 0.170.